The van der Waals surface area contributed by atoms with Crippen molar-refractivity contribution in [1.29, 1.82) is 0 Å². The monoisotopic (exact) mass is 395 g/mol. The van der Waals surface area contributed by atoms with Gasteiger partial charge in [-0.05, 0) is 35.9 Å². The first-order chi connectivity index (χ1) is 13.7. The number of carbonyl (C=O) groups excluding carboxylic acids is 1. The second-order valence-electron chi connectivity index (χ2n) is 6.20. The first-order valence-electron chi connectivity index (χ1n) is 9.08. The van der Waals surface area contributed by atoms with Crippen molar-refractivity contribution in [3.63, 3.8) is 0 Å². The van der Waals surface area contributed by atoms with Crippen LogP contribution in [0.2, 0.25) is 5.02 Å². The van der Waals surface area contributed by atoms with Gasteiger partial charge in [0.2, 0.25) is 0 Å². The zero-order chi connectivity index (χ0) is 19.6. The minimum atomic E-state index is -0.138. The first kappa shape index (κ1) is 19.9. The molecule has 0 saturated carbocycles. The lowest BCUT2D eigenvalue weighted by molar-refractivity contribution is 0.0901. The molecule has 0 heterocycles. The number of halogens is 1. The van der Waals surface area contributed by atoms with E-state index in [0.29, 0.717) is 42.7 Å². The highest BCUT2D eigenvalue weighted by atomic mass is 35.5. The molecule has 0 unspecified atom stereocenters. The van der Waals surface area contributed by atoms with Crippen molar-refractivity contribution in [2.24, 2.45) is 0 Å². The van der Waals surface area contributed by atoms with E-state index in [2.05, 4.69) is 5.32 Å². The normalized spacial score (nSPS) is 10.5. The van der Waals surface area contributed by atoms with Crippen LogP contribution in [0.4, 0.5) is 0 Å². The van der Waals surface area contributed by atoms with Crippen LogP contribution in [-0.2, 0) is 18.0 Å². The SMILES string of the molecule is O=C(NCCOCc1ccccc1)c1ccc(OCc2ccccc2Cl)cc1. The van der Waals surface area contributed by atoms with Crippen LogP contribution in [0.3, 0.4) is 0 Å². The maximum Gasteiger partial charge on any atom is 0.251 e. The van der Waals surface area contributed by atoms with Gasteiger partial charge in [-0.3, -0.25) is 4.79 Å². The minimum absolute atomic E-state index is 0.138. The Morgan fingerprint density at radius 1 is 0.857 bits per heavy atom. The van der Waals surface area contributed by atoms with E-state index in [4.69, 9.17) is 21.1 Å². The van der Waals surface area contributed by atoms with Gasteiger partial charge in [-0.15, -0.1) is 0 Å². The summed E-state index contributed by atoms with van der Waals surface area (Å²) in [4.78, 5) is 12.2. The van der Waals surface area contributed by atoms with Gasteiger partial charge >= 0.3 is 0 Å². The smallest absolute Gasteiger partial charge is 0.251 e. The minimum Gasteiger partial charge on any atom is -0.489 e. The van der Waals surface area contributed by atoms with Gasteiger partial charge in [-0.25, -0.2) is 0 Å². The molecule has 144 valence electrons. The Hall–Kier alpha value is -2.82. The van der Waals surface area contributed by atoms with E-state index in [1.807, 2.05) is 54.6 Å². The Balaban J connectivity index is 1.39. The van der Waals surface area contributed by atoms with Crippen LogP contribution >= 0.6 is 11.6 Å². The average Bonchev–Trinajstić information content (AvgIpc) is 2.74. The molecule has 5 heteroatoms. The molecule has 0 bridgehead atoms. The van der Waals surface area contributed by atoms with Crippen molar-refractivity contribution < 1.29 is 14.3 Å². The fourth-order valence-electron chi connectivity index (χ4n) is 2.58. The molecule has 0 aliphatic rings. The summed E-state index contributed by atoms with van der Waals surface area (Å²) in [6, 6.07) is 24.5. The van der Waals surface area contributed by atoms with E-state index in [1.54, 1.807) is 24.3 Å². The van der Waals surface area contributed by atoms with Crippen LogP contribution in [-0.4, -0.2) is 19.1 Å². The molecule has 0 aliphatic heterocycles. The van der Waals surface area contributed by atoms with Crippen LogP contribution in [0.1, 0.15) is 21.5 Å². The summed E-state index contributed by atoms with van der Waals surface area (Å²) in [5.41, 5.74) is 2.61. The van der Waals surface area contributed by atoms with Gasteiger partial charge in [0.05, 0.1) is 13.2 Å². The molecule has 0 radical (unpaired) electrons. The predicted octanol–water partition coefficient (Wildman–Crippen LogP) is 4.87. The highest BCUT2D eigenvalue weighted by molar-refractivity contribution is 6.31. The number of rotatable bonds is 9. The Morgan fingerprint density at radius 3 is 2.32 bits per heavy atom. The average molecular weight is 396 g/mol. The van der Waals surface area contributed by atoms with E-state index in [9.17, 15) is 4.79 Å². The maximum absolute atomic E-state index is 12.2. The quantitative estimate of drug-likeness (QED) is 0.526. The molecule has 0 saturated heterocycles. The van der Waals surface area contributed by atoms with Gasteiger partial charge < -0.3 is 14.8 Å². The first-order valence-corrected chi connectivity index (χ1v) is 9.46. The van der Waals surface area contributed by atoms with Gasteiger partial charge in [0.15, 0.2) is 0 Å². The Bertz CT molecular complexity index is 882. The second kappa shape index (κ2) is 10.5. The molecule has 28 heavy (non-hydrogen) atoms. The largest absolute Gasteiger partial charge is 0.489 e. The topological polar surface area (TPSA) is 47.6 Å². The van der Waals surface area contributed by atoms with Crippen LogP contribution in [0.25, 0.3) is 0 Å². The third kappa shape index (κ3) is 6.12. The molecular formula is C23H22ClNO3. The number of nitrogens with one attached hydrogen (secondary N) is 1. The van der Waals surface area contributed by atoms with Gasteiger partial charge in [0.25, 0.3) is 5.91 Å². The standard InChI is InChI=1S/C23H22ClNO3/c24-22-9-5-4-8-20(22)17-28-21-12-10-19(11-13-21)23(26)25-14-15-27-16-18-6-2-1-3-7-18/h1-13H,14-17H2,(H,25,26). The molecule has 0 fully saturated rings. The summed E-state index contributed by atoms with van der Waals surface area (Å²) >= 11 is 6.12. The molecular weight excluding hydrogens is 374 g/mol. The zero-order valence-electron chi connectivity index (χ0n) is 15.4. The van der Waals surface area contributed by atoms with Crippen molar-refractivity contribution >= 4 is 17.5 Å². The lowest BCUT2D eigenvalue weighted by atomic mass is 10.2. The number of ether oxygens (including phenoxy) is 2. The van der Waals surface area contributed by atoms with Gasteiger partial charge in [-0.1, -0.05) is 60.1 Å². The molecule has 1 N–H and O–H groups in total. The van der Waals surface area contributed by atoms with Crippen molar-refractivity contribution in [2.45, 2.75) is 13.2 Å². The van der Waals surface area contributed by atoms with Crippen molar-refractivity contribution in [3.8, 4) is 5.75 Å². The zero-order valence-corrected chi connectivity index (χ0v) is 16.2. The molecule has 1 amide bonds. The van der Waals surface area contributed by atoms with Crippen LogP contribution in [0.5, 0.6) is 5.75 Å². The van der Waals surface area contributed by atoms with Crippen molar-refractivity contribution in [3.05, 3.63) is 101 Å². The molecule has 0 spiro atoms. The second-order valence-corrected chi connectivity index (χ2v) is 6.61. The predicted molar refractivity (Wildman–Crippen MR) is 111 cm³/mol. The Morgan fingerprint density at radius 2 is 1.57 bits per heavy atom. The summed E-state index contributed by atoms with van der Waals surface area (Å²) in [5.74, 6) is 0.545. The summed E-state index contributed by atoms with van der Waals surface area (Å²) in [6.07, 6.45) is 0. The number of hydrogen-bond acceptors (Lipinski definition) is 3. The molecule has 4 nitrogen and oxygen atoms in total. The number of amides is 1. The third-order valence-corrected chi connectivity index (χ3v) is 4.48. The van der Waals surface area contributed by atoms with Crippen molar-refractivity contribution in [2.75, 3.05) is 13.2 Å². The lowest BCUT2D eigenvalue weighted by Gasteiger charge is -2.09. The van der Waals surface area contributed by atoms with Crippen LogP contribution in [0, 0.1) is 0 Å². The molecule has 0 aliphatic carbocycles. The fourth-order valence-corrected chi connectivity index (χ4v) is 2.77. The Kier molecular flexibility index (Phi) is 7.47. The van der Waals surface area contributed by atoms with Crippen molar-refractivity contribution in [1.82, 2.24) is 5.32 Å². The van der Waals surface area contributed by atoms with Gasteiger partial charge in [-0.2, -0.15) is 0 Å². The van der Waals surface area contributed by atoms with Crippen LogP contribution < -0.4 is 10.1 Å². The summed E-state index contributed by atoms with van der Waals surface area (Å²) in [6.45, 7) is 1.83. The maximum atomic E-state index is 12.2. The highest BCUT2D eigenvalue weighted by Crippen LogP contribution is 2.19. The summed E-state index contributed by atoms with van der Waals surface area (Å²) < 4.78 is 11.3. The molecule has 0 atom stereocenters. The van der Waals surface area contributed by atoms with E-state index < -0.39 is 0 Å². The van der Waals surface area contributed by atoms with E-state index >= 15 is 0 Å². The fraction of sp³-hybridized carbons (Fsp3) is 0.174. The number of benzene rings is 3. The third-order valence-electron chi connectivity index (χ3n) is 4.11. The van der Waals surface area contributed by atoms with E-state index in [-0.39, 0.29) is 5.91 Å². The number of carbonyl (C=O) groups is 1. The molecule has 0 aromatic heterocycles. The molecule has 3 aromatic rings. The summed E-state index contributed by atoms with van der Waals surface area (Å²) in [7, 11) is 0. The highest BCUT2D eigenvalue weighted by Gasteiger charge is 2.06. The lowest BCUT2D eigenvalue weighted by Crippen LogP contribution is -2.27. The van der Waals surface area contributed by atoms with Gasteiger partial charge in [0.1, 0.15) is 12.4 Å². The molecule has 3 rings (SSSR count). The Labute approximate surface area is 170 Å². The van der Waals surface area contributed by atoms with E-state index in [1.165, 1.54) is 0 Å². The van der Waals surface area contributed by atoms with Gasteiger partial charge in [0, 0.05) is 22.7 Å². The summed E-state index contributed by atoms with van der Waals surface area (Å²) in [5, 5.41) is 3.52. The van der Waals surface area contributed by atoms with Crippen LogP contribution in [0.15, 0.2) is 78.9 Å². The number of hydrogen-bond donors (Lipinski definition) is 1. The van der Waals surface area contributed by atoms with E-state index in [0.717, 1.165) is 11.1 Å². The molecule has 3 aromatic carbocycles.